The quantitative estimate of drug-likeness (QED) is 0.847. The summed E-state index contributed by atoms with van der Waals surface area (Å²) in [6, 6.07) is 13.7. The molecule has 5 nitrogen and oxygen atoms in total. The molecule has 2 N–H and O–H groups in total. The molecule has 4 rings (SSSR count). The van der Waals surface area contributed by atoms with Crippen LogP contribution in [0.4, 0.5) is 11.4 Å². The van der Waals surface area contributed by atoms with Gasteiger partial charge >= 0.3 is 0 Å². The monoisotopic (exact) mass is 312 g/mol. The van der Waals surface area contributed by atoms with Gasteiger partial charge in [-0.15, -0.1) is 11.8 Å². The molecule has 1 fully saturated rings. The number of aromatic hydroxyl groups is 1. The minimum absolute atomic E-state index is 0.119. The van der Waals surface area contributed by atoms with Crippen molar-refractivity contribution in [1.29, 1.82) is 0 Å². The Balaban J connectivity index is 1.92. The maximum absolute atomic E-state index is 12.7. The van der Waals surface area contributed by atoms with Gasteiger partial charge in [0.05, 0.1) is 5.75 Å². The van der Waals surface area contributed by atoms with Crippen LogP contribution in [0.15, 0.2) is 48.5 Å². The van der Waals surface area contributed by atoms with Gasteiger partial charge in [0, 0.05) is 16.9 Å². The van der Waals surface area contributed by atoms with Crippen LogP contribution >= 0.6 is 11.8 Å². The van der Waals surface area contributed by atoms with Crippen molar-refractivity contribution in [1.82, 2.24) is 0 Å². The molecule has 2 aliphatic heterocycles. The van der Waals surface area contributed by atoms with E-state index in [0.717, 1.165) is 11.3 Å². The molecule has 0 aliphatic carbocycles. The minimum atomic E-state index is -1.06. The number of nitrogens with zero attached hydrogens (tertiary/aromatic N) is 1. The number of phenolic OH excluding ortho intramolecular Hbond substituents is 1. The van der Waals surface area contributed by atoms with Crippen molar-refractivity contribution in [2.45, 2.75) is 4.87 Å². The fourth-order valence-corrected chi connectivity index (χ4v) is 4.29. The lowest BCUT2D eigenvalue weighted by Gasteiger charge is -2.32. The van der Waals surface area contributed by atoms with Crippen LogP contribution in [0.3, 0.4) is 0 Å². The minimum Gasteiger partial charge on any atom is -0.508 e. The van der Waals surface area contributed by atoms with Crippen LogP contribution in [-0.2, 0) is 14.5 Å². The Kier molecular flexibility index (Phi) is 2.71. The second-order valence-corrected chi connectivity index (χ2v) is 6.35. The second kappa shape index (κ2) is 4.51. The molecule has 2 aromatic carbocycles. The highest BCUT2D eigenvalue weighted by atomic mass is 32.2. The molecule has 1 spiro atoms. The molecule has 1 saturated heterocycles. The van der Waals surface area contributed by atoms with Gasteiger partial charge in [-0.1, -0.05) is 18.2 Å². The van der Waals surface area contributed by atoms with Crippen LogP contribution in [-0.4, -0.2) is 22.7 Å². The Bertz CT molecular complexity index is 790. The normalized spacial score (nSPS) is 23.0. The molecule has 1 atom stereocenters. The Labute approximate surface area is 130 Å². The number of hydrogen-bond acceptors (Lipinski definition) is 4. The number of carbonyl (C=O) groups is 2. The molecule has 2 heterocycles. The average Bonchev–Trinajstić information content (AvgIpc) is 3.00. The number of hydrogen-bond donors (Lipinski definition) is 2. The molecular formula is C16H12N2O3S. The summed E-state index contributed by atoms with van der Waals surface area (Å²) < 4.78 is 0. The zero-order chi connectivity index (χ0) is 15.3. The Hall–Kier alpha value is -2.47. The molecular weight excluding hydrogens is 300 g/mol. The van der Waals surface area contributed by atoms with Crippen LogP contribution in [0, 0.1) is 0 Å². The van der Waals surface area contributed by atoms with Gasteiger partial charge in [-0.25, -0.2) is 0 Å². The van der Waals surface area contributed by atoms with E-state index in [1.165, 1.54) is 28.8 Å². The first-order valence-electron chi connectivity index (χ1n) is 6.80. The van der Waals surface area contributed by atoms with Crippen LogP contribution in [0.25, 0.3) is 0 Å². The number of thioether (sulfide) groups is 1. The van der Waals surface area contributed by atoms with Crippen molar-refractivity contribution in [3.8, 4) is 5.75 Å². The predicted octanol–water partition coefficient (Wildman–Crippen LogP) is 2.28. The van der Waals surface area contributed by atoms with E-state index in [-0.39, 0.29) is 23.3 Å². The lowest BCUT2D eigenvalue weighted by Crippen LogP contribution is -2.47. The smallest absolute Gasteiger partial charge is 0.266 e. The summed E-state index contributed by atoms with van der Waals surface area (Å²) in [4.78, 5) is 25.6. The fraction of sp³-hybridized carbons (Fsp3) is 0.125. The first-order chi connectivity index (χ1) is 10.6. The van der Waals surface area contributed by atoms with Crippen molar-refractivity contribution in [3.63, 3.8) is 0 Å². The molecule has 0 saturated carbocycles. The molecule has 2 amide bonds. The Morgan fingerprint density at radius 1 is 1.09 bits per heavy atom. The lowest BCUT2D eigenvalue weighted by atomic mass is 10.0. The maximum Gasteiger partial charge on any atom is 0.266 e. The summed E-state index contributed by atoms with van der Waals surface area (Å²) >= 11 is 1.32. The number of benzene rings is 2. The molecule has 0 bridgehead atoms. The zero-order valence-corrected chi connectivity index (χ0v) is 12.3. The van der Waals surface area contributed by atoms with Gasteiger partial charge in [-0.3, -0.25) is 14.5 Å². The highest BCUT2D eigenvalue weighted by Crippen LogP contribution is 2.53. The number of phenols is 1. The average molecular weight is 312 g/mol. The van der Waals surface area contributed by atoms with E-state index < -0.39 is 4.87 Å². The van der Waals surface area contributed by atoms with Crippen molar-refractivity contribution in [2.75, 3.05) is 16.0 Å². The summed E-state index contributed by atoms with van der Waals surface area (Å²) in [6.45, 7) is 0. The zero-order valence-electron chi connectivity index (χ0n) is 11.4. The first kappa shape index (κ1) is 13.2. The fourth-order valence-electron chi connectivity index (χ4n) is 2.98. The molecule has 6 heteroatoms. The maximum atomic E-state index is 12.7. The van der Waals surface area contributed by atoms with Gasteiger partial charge in [0.15, 0.2) is 0 Å². The van der Waals surface area contributed by atoms with Crippen molar-refractivity contribution in [3.05, 3.63) is 54.1 Å². The summed E-state index contributed by atoms with van der Waals surface area (Å²) in [5.41, 5.74) is 2.13. The second-order valence-electron chi connectivity index (χ2n) is 5.18. The molecule has 0 aromatic heterocycles. The Morgan fingerprint density at radius 3 is 2.59 bits per heavy atom. The molecule has 22 heavy (non-hydrogen) atoms. The van der Waals surface area contributed by atoms with E-state index in [0.29, 0.717) is 5.69 Å². The SMILES string of the molecule is O=C1CS[C@]2(C(=O)Nc3ccccc32)N1c1ccc(O)cc1. The summed E-state index contributed by atoms with van der Waals surface area (Å²) in [7, 11) is 0. The van der Waals surface area contributed by atoms with E-state index in [9.17, 15) is 14.7 Å². The van der Waals surface area contributed by atoms with Gasteiger partial charge in [0.2, 0.25) is 10.8 Å². The molecule has 110 valence electrons. The van der Waals surface area contributed by atoms with E-state index in [1.54, 1.807) is 12.1 Å². The van der Waals surface area contributed by atoms with Gasteiger partial charge in [-0.2, -0.15) is 0 Å². The highest BCUT2D eigenvalue weighted by molar-refractivity contribution is 8.02. The Morgan fingerprint density at radius 2 is 1.82 bits per heavy atom. The largest absolute Gasteiger partial charge is 0.508 e. The first-order valence-corrected chi connectivity index (χ1v) is 7.78. The van der Waals surface area contributed by atoms with Crippen LogP contribution in [0.1, 0.15) is 5.56 Å². The van der Waals surface area contributed by atoms with E-state index in [4.69, 9.17) is 0 Å². The topological polar surface area (TPSA) is 69.6 Å². The summed E-state index contributed by atoms with van der Waals surface area (Å²) in [6.07, 6.45) is 0. The number of anilines is 2. The number of nitrogens with one attached hydrogen (secondary N) is 1. The van der Waals surface area contributed by atoms with Gasteiger partial charge in [0.1, 0.15) is 5.75 Å². The standard InChI is InChI=1S/C16H12N2O3S/c19-11-7-5-10(6-8-11)18-14(20)9-22-16(18)12-3-1-2-4-13(12)17-15(16)21/h1-8,19H,9H2,(H,17,21)/t16-/m1/s1. The van der Waals surface area contributed by atoms with Crippen molar-refractivity contribution >= 4 is 35.0 Å². The van der Waals surface area contributed by atoms with Crippen molar-refractivity contribution in [2.24, 2.45) is 0 Å². The summed E-state index contributed by atoms with van der Waals surface area (Å²) in [5.74, 6) is 0.0244. The molecule has 2 aromatic rings. The predicted molar refractivity (Wildman–Crippen MR) is 84.8 cm³/mol. The number of fused-ring (bicyclic) bond motifs is 2. The lowest BCUT2D eigenvalue weighted by molar-refractivity contribution is -0.122. The van der Waals surface area contributed by atoms with Crippen LogP contribution in [0.5, 0.6) is 5.75 Å². The summed E-state index contributed by atoms with van der Waals surface area (Å²) in [5, 5.41) is 12.3. The van der Waals surface area contributed by atoms with E-state index in [2.05, 4.69) is 5.32 Å². The third kappa shape index (κ3) is 1.61. The van der Waals surface area contributed by atoms with Gasteiger partial charge in [-0.05, 0) is 30.3 Å². The van der Waals surface area contributed by atoms with Crippen molar-refractivity contribution < 1.29 is 14.7 Å². The number of para-hydroxylation sites is 1. The van der Waals surface area contributed by atoms with E-state index in [1.807, 2.05) is 24.3 Å². The third-order valence-electron chi connectivity index (χ3n) is 3.92. The molecule has 2 aliphatic rings. The molecule has 0 unspecified atom stereocenters. The van der Waals surface area contributed by atoms with E-state index >= 15 is 0 Å². The van der Waals surface area contributed by atoms with Crippen LogP contribution in [0.2, 0.25) is 0 Å². The van der Waals surface area contributed by atoms with Crippen LogP contribution < -0.4 is 10.2 Å². The third-order valence-corrected chi connectivity index (χ3v) is 5.32. The van der Waals surface area contributed by atoms with Gasteiger partial charge in [0.25, 0.3) is 5.91 Å². The number of carbonyl (C=O) groups excluding carboxylic acids is 2. The molecule has 0 radical (unpaired) electrons. The van der Waals surface area contributed by atoms with Gasteiger partial charge < -0.3 is 10.4 Å². The number of amides is 2. The number of rotatable bonds is 1. The highest BCUT2D eigenvalue weighted by Gasteiger charge is 2.58.